The van der Waals surface area contributed by atoms with Gasteiger partial charge in [-0.25, -0.2) is 14.2 Å². The Morgan fingerprint density at radius 1 is 1.23 bits per heavy atom. The first kappa shape index (κ1) is 17.9. The quantitative estimate of drug-likeness (QED) is 0.864. The summed E-state index contributed by atoms with van der Waals surface area (Å²) in [6.45, 7) is 4.93. The molecule has 0 aliphatic heterocycles. The van der Waals surface area contributed by atoms with Crippen molar-refractivity contribution in [3.63, 3.8) is 0 Å². The molecule has 2 amide bonds. The van der Waals surface area contributed by atoms with Crippen LogP contribution < -0.4 is 5.73 Å². The maximum absolute atomic E-state index is 14.3. The molecule has 6 nitrogen and oxygen atoms in total. The van der Waals surface area contributed by atoms with Crippen LogP contribution in [0, 0.1) is 11.2 Å². The van der Waals surface area contributed by atoms with E-state index in [1.54, 1.807) is 26.8 Å². The number of benzene rings is 1. The number of nitrogens with two attached hydrogens (primary N) is 1. The van der Waals surface area contributed by atoms with E-state index < -0.39 is 28.8 Å². The highest BCUT2D eigenvalue weighted by Gasteiger charge is 2.56. The summed E-state index contributed by atoms with van der Waals surface area (Å²) in [5.74, 6) is -1.43. The molecule has 1 aromatic carbocycles. The number of halogens is 1. The second kappa shape index (κ2) is 6.31. The van der Waals surface area contributed by atoms with Crippen LogP contribution in [0.4, 0.5) is 9.18 Å². The number of amides is 2. The number of hydroxylamine groups is 2. The Hall–Kier alpha value is -2.15. The molecule has 2 N–H and O–H groups in total. The van der Waals surface area contributed by atoms with Crippen molar-refractivity contribution < 1.29 is 23.6 Å². The van der Waals surface area contributed by atoms with Crippen LogP contribution in [0.1, 0.15) is 26.3 Å². The van der Waals surface area contributed by atoms with Crippen LogP contribution >= 0.6 is 0 Å². The molecule has 0 aromatic heterocycles. The molecular formula is C15H21FN2O4. The molecule has 122 valence electrons. The molecule has 0 spiro atoms. The van der Waals surface area contributed by atoms with Gasteiger partial charge in [0.1, 0.15) is 5.82 Å². The van der Waals surface area contributed by atoms with Gasteiger partial charge in [0.15, 0.2) is 0 Å². The predicted octanol–water partition coefficient (Wildman–Crippen LogP) is 2.18. The van der Waals surface area contributed by atoms with Gasteiger partial charge in [-0.3, -0.25) is 9.63 Å². The van der Waals surface area contributed by atoms with Crippen LogP contribution in [0.25, 0.3) is 0 Å². The van der Waals surface area contributed by atoms with E-state index in [0.717, 1.165) is 5.06 Å². The summed E-state index contributed by atoms with van der Waals surface area (Å²) < 4.78 is 19.5. The molecule has 7 heteroatoms. The molecular weight excluding hydrogens is 291 g/mol. The van der Waals surface area contributed by atoms with Crippen molar-refractivity contribution in [3.8, 4) is 0 Å². The zero-order chi connectivity index (χ0) is 17.1. The van der Waals surface area contributed by atoms with E-state index in [1.807, 2.05) is 0 Å². The SMILES string of the molecule is CON(C)C(=O)C(OC(N)=O)(c1ccccc1F)C(C)(C)C. The Bertz CT molecular complexity index is 571. The number of ether oxygens (including phenoxy) is 1. The zero-order valence-electron chi connectivity index (χ0n) is 13.3. The zero-order valence-corrected chi connectivity index (χ0v) is 13.3. The van der Waals surface area contributed by atoms with Crippen molar-refractivity contribution in [1.82, 2.24) is 5.06 Å². The van der Waals surface area contributed by atoms with Crippen molar-refractivity contribution in [2.45, 2.75) is 26.4 Å². The Balaban J connectivity index is 3.71. The summed E-state index contributed by atoms with van der Waals surface area (Å²) in [5, 5.41) is 0.876. The molecule has 1 atom stereocenters. The van der Waals surface area contributed by atoms with Crippen molar-refractivity contribution in [2.24, 2.45) is 11.1 Å². The van der Waals surface area contributed by atoms with Crippen molar-refractivity contribution in [3.05, 3.63) is 35.6 Å². The minimum atomic E-state index is -1.96. The van der Waals surface area contributed by atoms with E-state index >= 15 is 0 Å². The molecule has 0 saturated carbocycles. The molecule has 0 bridgehead atoms. The first-order valence-corrected chi connectivity index (χ1v) is 6.63. The fraction of sp³-hybridized carbons (Fsp3) is 0.467. The maximum Gasteiger partial charge on any atom is 0.405 e. The lowest BCUT2D eigenvalue weighted by atomic mass is 9.71. The minimum Gasteiger partial charge on any atom is -0.427 e. The molecule has 0 fully saturated rings. The summed E-state index contributed by atoms with van der Waals surface area (Å²) in [4.78, 5) is 29.1. The standard InChI is InChI=1S/C15H21FN2O4/c1-14(2,3)15(22-13(17)20,12(19)18(4)21-5)10-8-6-7-9-11(10)16/h6-9H,1-5H3,(H2,17,20). The fourth-order valence-corrected chi connectivity index (χ4v) is 2.29. The number of rotatable bonds is 4. The van der Waals surface area contributed by atoms with Gasteiger partial charge in [0.2, 0.25) is 5.60 Å². The highest BCUT2D eigenvalue weighted by atomic mass is 19.1. The van der Waals surface area contributed by atoms with Crippen LogP contribution in [0.2, 0.25) is 0 Å². The molecule has 22 heavy (non-hydrogen) atoms. The average molecular weight is 312 g/mol. The predicted molar refractivity (Wildman–Crippen MR) is 78.0 cm³/mol. The Kier molecular flexibility index (Phi) is 5.13. The summed E-state index contributed by atoms with van der Waals surface area (Å²) in [6, 6.07) is 5.58. The van der Waals surface area contributed by atoms with Gasteiger partial charge in [0.25, 0.3) is 5.91 Å². The van der Waals surface area contributed by atoms with Crippen LogP contribution in [0.3, 0.4) is 0 Å². The number of primary amides is 1. The van der Waals surface area contributed by atoms with Gasteiger partial charge in [0.05, 0.1) is 7.11 Å². The third kappa shape index (κ3) is 3.04. The van der Waals surface area contributed by atoms with Gasteiger partial charge in [-0.15, -0.1) is 0 Å². The van der Waals surface area contributed by atoms with E-state index in [2.05, 4.69) is 0 Å². The second-order valence-electron chi connectivity index (χ2n) is 5.82. The number of carbonyl (C=O) groups is 2. The van der Waals surface area contributed by atoms with Gasteiger partial charge >= 0.3 is 6.09 Å². The lowest BCUT2D eigenvalue weighted by Crippen LogP contribution is -2.56. The molecule has 0 radical (unpaired) electrons. The summed E-state index contributed by atoms with van der Waals surface area (Å²) in [7, 11) is 2.62. The Morgan fingerprint density at radius 3 is 2.18 bits per heavy atom. The lowest BCUT2D eigenvalue weighted by Gasteiger charge is -2.43. The second-order valence-corrected chi connectivity index (χ2v) is 5.82. The highest BCUT2D eigenvalue weighted by Crippen LogP contribution is 2.45. The molecule has 0 aliphatic rings. The molecule has 1 unspecified atom stereocenters. The number of hydrogen-bond donors (Lipinski definition) is 1. The van der Waals surface area contributed by atoms with Gasteiger partial charge in [-0.1, -0.05) is 39.0 Å². The Morgan fingerprint density at radius 2 is 1.77 bits per heavy atom. The molecule has 1 aromatic rings. The van der Waals surface area contributed by atoms with Gasteiger partial charge in [-0.2, -0.15) is 0 Å². The van der Waals surface area contributed by atoms with Crippen molar-refractivity contribution >= 4 is 12.0 Å². The number of nitrogens with zero attached hydrogens (tertiary/aromatic N) is 1. The van der Waals surface area contributed by atoms with E-state index in [-0.39, 0.29) is 5.56 Å². The number of hydrogen-bond acceptors (Lipinski definition) is 4. The summed E-state index contributed by atoms with van der Waals surface area (Å²) in [5.41, 5.74) is 2.10. The van der Waals surface area contributed by atoms with Crippen molar-refractivity contribution in [2.75, 3.05) is 14.2 Å². The number of likely N-dealkylation sites (N-methyl/N-ethyl adjacent to an activating group) is 1. The van der Waals surface area contributed by atoms with Gasteiger partial charge in [0, 0.05) is 18.0 Å². The van der Waals surface area contributed by atoms with Crippen LogP contribution in [-0.4, -0.2) is 31.2 Å². The van der Waals surface area contributed by atoms with Gasteiger partial charge in [-0.05, 0) is 6.07 Å². The van der Waals surface area contributed by atoms with Crippen molar-refractivity contribution in [1.29, 1.82) is 0 Å². The third-order valence-electron chi connectivity index (χ3n) is 3.42. The molecule has 0 aliphatic carbocycles. The maximum atomic E-state index is 14.3. The van der Waals surface area contributed by atoms with Crippen LogP contribution in [0.15, 0.2) is 24.3 Å². The fourth-order valence-electron chi connectivity index (χ4n) is 2.29. The van der Waals surface area contributed by atoms with Crippen LogP contribution in [-0.2, 0) is 20.0 Å². The van der Waals surface area contributed by atoms with Crippen LogP contribution in [0.5, 0.6) is 0 Å². The minimum absolute atomic E-state index is 0.0878. The van der Waals surface area contributed by atoms with E-state index in [1.165, 1.54) is 32.4 Å². The smallest absolute Gasteiger partial charge is 0.405 e. The molecule has 0 saturated heterocycles. The largest absolute Gasteiger partial charge is 0.427 e. The molecule has 0 heterocycles. The average Bonchev–Trinajstić information content (AvgIpc) is 2.42. The summed E-state index contributed by atoms with van der Waals surface area (Å²) >= 11 is 0. The highest BCUT2D eigenvalue weighted by molar-refractivity contribution is 5.89. The normalized spacial score (nSPS) is 14.1. The topological polar surface area (TPSA) is 81.9 Å². The van der Waals surface area contributed by atoms with E-state index in [0.29, 0.717) is 0 Å². The number of carbonyl (C=O) groups excluding carboxylic acids is 2. The lowest BCUT2D eigenvalue weighted by molar-refractivity contribution is -0.201. The third-order valence-corrected chi connectivity index (χ3v) is 3.42. The molecule has 1 rings (SSSR count). The monoisotopic (exact) mass is 312 g/mol. The van der Waals surface area contributed by atoms with Gasteiger partial charge < -0.3 is 10.5 Å². The van der Waals surface area contributed by atoms with E-state index in [4.69, 9.17) is 15.3 Å². The first-order chi connectivity index (χ1) is 10.1. The van der Waals surface area contributed by atoms with E-state index in [9.17, 15) is 14.0 Å². The first-order valence-electron chi connectivity index (χ1n) is 6.63. The Labute approximate surface area is 128 Å². The summed E-state index contributed by atoms with van der Waals surface area (Å²) in [6.07, 6.45) is -1.18.